The maximum absolute atomic E-state index is 10.8. The van der Waals surface area contributed by atoms with Crippen LogP contribution < -0.4 is 0 Å². The molecule has 10 N–H and O–H groups in total. The van der Waals surface area contributed by atoms with Crippen molar-refractivity contribution in [3.8, 4) is 0 Å². The van der Waals surface area contributed by atoms with Gasteiger partial charge in [0.15, 0.2) is 0 Å². The van der Waals surface area contributed by atoms with Crippen molar-refractivity contribution in [1.82, 2.24) is 4.90 Å². The Hall–Kier alpha value is -1.82. The van der Waals surface area contributed by atoms with Crippen LogP contribution in [0.25, 0.3) is 0 Å². The number of nitro benzene ring substituents is 1. The first-order valence-corrected chi connectivity index (χ1v) is 11.0. The van der Waals surface area contributed by atoms with Gasteiger partial charge in [-0.1, -0.05) is 12.1 Å². The molecule has 8 atom stereocenters. The average molecular weight is 509 g/mol. The number of hydrogen-bond acceptors (Lipinski definition) is 13. The molecule has 0 aliphatic heterocycles. The van der Waals surface area contributed by atoms with E-state index in [2.05, 4.69) is 0 Å². The van der Waals surface area contributed by atoms with Gasteiger partial charge in [0, 0.05) is 25.2 Å². The molecule has 14 heteroatoms. The molecule has 0 saturated heterocycles. The van der Waals surface area contributed by atoms with Gasteiger partial charge in [0.25, 0.3) is 5.69 Å². The summed E-state index contributed by atoms with van der Waals surface area (Å²) in [6.45, 7) is -2.29. The fraction of sp³-hybridized carbons (Fsp3) is 0.714. The van der Waals surface area contributed by atoms with Crippen LogP contribution in [0.3, 0.4) is 0 Å². The van der Waals surface area contributed by atoms with E-state index in [1.165, 1.54) is 17.0 Å². The number of aliphatic hydroxyl groups excluding tert-OH is 10. The smallest absolute Gasteiger partial charge is 0.269 e. The molecule has 14 nitrogen and oxygen atoms in total. The summed E-state index contributed by atoms with van der Waals surface area (Å²) in [5.74, 6) is 0. The van der Waals surface area contributed by atoms with Gasteiger partial charge in [-0.2, -0.15) is 0 Å². The van der Waals surface area contributed by atoms with Crippen molar-refractivity contribution in [3.63, 3.8) is 0 Å². The summed E-state index contributed by atoms with van der Waals surface area (Å²) in [5.41, 5.74) is 0.691. The van der Waals surface area contributed by atoms with Crippen molar-refractivity contribution in [2.24, 2.45) is 0 Å². The van der Waals surface area contributed by atoms with Crippen molar-refractivity contribution in [3.05, 3.63) is 39.9 Å². The van der Waals surface area contributed by atoms with Crippen LogP contribution in [0.15, 0.2) is 24.3 Å². The maximum Gasteiger partial charge on any atom is 0.269 e. The highest BCUT2D eigenvalue weighted by atomic mass is 16.6. The molecule has 0 unspecified atom stereocenters. The van der Waals surface area contributed by atoms with Crippen molar-refractivity contribution in [1.29, 1.82) is 0 Å². The molecular weight excluding hydrogens is 472 g/mol. The fourth-order valence-corrected chi connectivity index (χ4v) is 3.42. The molecule has 1 rings (SSSR count). The lowest BCUT2D eigenvalue weighted by Crippen LogP contribution is -2.53. The summed E-state index contributed by atoms with van der Waals surface area (Å²) in [5, 5.41) is 108. The quantitative estimate of drug-likeness (QED) is 0.0707. The number of rotatable bonds is 17. The first-order valence-electron chi connectivity index (χ1n) is 11.0. The largest absolute Gasteiger partial charge is 0.394 e. The predicted octanol–water partition coefficient (Wildman–Crippen LogP) is -4.30. The minimum absolute atomic E-state index is 0.0724. The van der Waals surface area contributed by atoms with Crippen LogP contribution in [-0.4, -0.2) is 143 Å². The number of hydrogen-bond donors (Lipinski definition) is 10. The molecular formula is C21H36N2O12. The van der Waals surface area contributed by atoms with Gasteiger partial charge < -0.3 is 51.1 Å². The lowest BCUT2D eigenvalue weighted by molar-refractivity contribution is -0.384. The van der Waals surface area contributed by atoms with E-state index >= 15 is 0 Å². The van der Waals surface area contributed by atoms with Gasteiger partial charge in [-0.25, -0.2) is 0 Å². The Labute approximate surface area is 201 Å². The number of benzene rings is 1. The Morgan fingerprint density at radius 2 is 1.11 bits per heavy atom. The monoisotopic (exact) mass is 508 g/mol. The fourth-order valence-electron chi connectivity index (χ4n) is 3.42. The summed E-state index contributed by atoms with van der Waals surface area (Å²) in [6, 6.07) is 5.82. The van der Waals surface area contributed by atoms with E-state index in [9.17, 15) is 51.0 Å². The number of nitrogens with zero attached hydrogens (tertiary/aromatic N) is 2. The van der Waals surface area contributed by atoms with Gasteiger partial charge in [0.2, 0.25) is 0 Å². The van der Waals surface area contributed by atoms with Crippen LogP contribution in [0.2, 0.25) is 0 Å². The predicted molar refractivity (Wildman–Crippen MR) is 120 cm³/mol. The van der Waals surface area contributed by atoms with Crippen molar-refractivity contribution in [2.75, 3.05) is 32.8 Å². The summed E-state index contributed by atoms with van der Waals surface area (Å²) in [4.78, 5) is 11.6. The van der Waals surface area contributed by atoms with Gasteiger partial charge in [-0.3, -0.25) is 15.0 Å². The second-order valence-corrected chi connectivity index (χ2v) is 8.38. The molecule has 0 spiro atoms. The van der Waals surface area contributed by atoms with Crippen LogP contribution in [0, 0.1) is 10.1 Å². The highest BCUT2D eigenvalue weighted by Gasteiger charge is 2.34. The molecule has 0 saturated carbocycles. The number of aryl methyl sites for hydroxylation is 1. The van der Waals surface area contributed by atoms with Gasteiger partial charge in [0.05, 0.1) is 30.3 Å². The number of nitro groups is 1. The van der Waals surface area contributed by atoms with Crippen LogP contribution >= 0.6 is 0 Å². The topological polar surface area (TPSA) is 249 Å². The lowest BCUT2D eigenvalue weighted by Gasteiger charge is -2.33. The summed E-state index contributed by atoms with van der Waals surface area (Å²) < 4.78 is 0. The van der Waals surface area contributed by atoms with E-state index in [0.717, 1.165) is 5.56 Å². The minimum atomic E-state index is -1.87. The third-order valence-corrected chi connectivity index (χ3v) is 5.63. The molecule has 0 fully saturated rings. The van der Waals surface area contributed by atoms with Crippen LogP contribution in [-0.2, 0) is 6.42 Å². The molecule has 0 radical (unpaired) electrons. The molecule has 0 heterocycles. The Morgan fingerprint density at radius 3 is 1.49 bits per heavy atom. The first-order chi connectivity index (χ1) is 16.4. The Balaban J connectivity index is 2.85. The molecule has 35 heavy (non-hydrogen) atoms. The first kappa shape index (κ1) is 31.2. The Kier molecular flexibility index (Phi) is 13.7. The molecule has 0 aliphatic rings. The molecule has 0 aromatic heterocycles. The molecule has 1 aromatic carbocycles. The second kappa shape index (κ2) is 15.3. The summed E-state index contributed by atoms with van der Waals surface area (Å²) in [6.07, 6.45) is -13.4. The standard InChI is InChI=1S/C21H36N2O12/c24-10-16(28)20(32)18(30)14(26)8-22(9-15(27)19(31)21(33)17(29)11-25)7-1-2-12-3-5-13(6-4-12)23(34)35/h3-6,14-21,24-33H,1-2,7-11H2/t14-,15-,16+,17+,18+,19+,20+,21+/m0/s1. The summed E-state index contributed by atoms with van der Waals surface area (Å²) in [7, 11) is 0. The number of non-ortho nitro benzene ring substituents is 1. The van der Waals surface area contributed by atoms with Crippen molar-refractivity contribution < 1.29 is 56.0 Å². The normalized spacial score (nSPS) is 18.9. The van der Waals surface area contributed by atoms with Gasteiger partial charge in [-0.05, 0) is 24.9 Å². The zero-order valence-electron chi connectivity index (χ0n) is 19.1. The molecule has 0 bridgehead atoms. The maximum atomic E-state index is 10.8. The average Bonchev–Trinajstić information content (AvgIpc) is 2.85. The molecule has 0 amide bonds. The third kappa shape index (κ3) is 9.98. The Morgan fingerprint density at radius 1 is 0.714 bits per heavy atom. The third-order valence-electron chi connectivity index (χ3n) is 5.63. The van der Waals surface area contributed by atoms with Gasteiger partial charge in [-0.15, -0.1) is 0 Å². The van der Waals surface area contributed by atoms with E-state index in [1.54, 1.807) is 12.1 Å². The van der Waals surface area contributed by atoms with Crippen LogP contribution in [0.4, 0.5) is 5.69 Å². The van der Waals surface area contributed by atoms with Crippen LogP contribution in [0.5, 0.6) is 0 Å². The van der Waals surface area contributed by atoms with Crippen LogP contribution in [0.1, 0.15) is 12.0 Å². The van der Waals surface area contributed by atoms with Crippen molar-refractivity contribution in [2.45, 2.75) is 61.7 Å². The van der Waals surface area contributed by atoms with E-state index in [4.69, 9.17) is 10.2 Å². The minimum Gasteiger partial charge on any atom is -0.394 e. The zero-order valence-corrected chi connectivity index (χ0v) is 19.1. The van der Waals surface area contributed by atoms with Gasteiger partial charge in [0.1, 0.15) is 36.6 Å². The van der Waals surface area contributed by atoms with E-state index in [-0.39, 0.29) is 25.3 Å². The van der Waals surface area contributed by atoms with Crippen molar-refractivity contribution >= 4 is 5.69 Å². The SMILES string of the molecule is O=[N+]([O-])c1ccc(CCCN(C[C@H](O)[C@@H](O)[C@H](O)[C@H](O)CO)C[C@H](O)[C@@H](O)[C@H](O)[C@H](O)CO)cc1. The highest BCUT2D eigenvalue weighted by molar-refractivity contribution is 5.32. The van der Waals surface area contributed by atoms with Gasteiger partial charge >= 0.3 is 0 Å². The van der Waals surface area contributed by atoms with E-state index in [1.807, 2.05) is 0 Å². The molecule has 1 aromatic rings. The molecule has 0 aliphatic carbocycles. The lowest BCUT2D eigenvalue weighted by atomic mass is 10.0. The highest BCUT2D eigenvalue weighted by Crippen LogP contribution is 2.15. The summed E-state index contributed by atoms with van der Waals surface area (Å²) >= 11 is 0. The number of aliphatic hydroxyl groups is 10. The van der Waals surface area contributed by atoms with E-state index < -0.39 is 67.0 Å². The van der Waals surface area contributed by atoms with E-state index in [0.29, 0.717) is 12.8 Å². The molecule has 202 valence electrons. The Bertz CT molecular complexity index is 710. The zero-order chi connectivity index (χ0) is 26.7. The second-order valence-electron chi connectivity index (χ2n) is 8.38.